The Kier molecular flexibility index (Phi) is 5.64. The highest BCUT2D eigenvalue weighted by Crippen LogP contribution is 2.22. The van der Waals surface area contributed by atoms with Crippen molar-refractivity contribution in [3.05, 3.63) is 0 Å². The number of carbonyl (C=O) groups excluding carboxylic acids is 1. The second-order valence-electron chi connectivity index (χ2n) is 6.38. The van der Waals surface area contributed by atoms with Gasteiger partial charge in [-0.1, -0.05) is 13.8 Å². The third-order valence-corrected chi connectivity index (χ3v) is 4.07. The molecule has 0 amide bonds. The van der Waals surface area contributed by atoms with Gasteiger partial charge in [0.15, 0.2) is 0 Å². The maximum Gasteiger partial charge on any atom is 0.323 e. The molecular weight excluding hydrogens is 240 g/mol. The predicted octanol–water partition coefficient (Wildman–Crippen LogP) is 1.84. The number of rotatable bonds is 6. The molecule has 19 heavy (non-hydrogen) atoms. The topological polar surface area (TPSA) is 50.4 Å². The summed E-state index contributed by atoms with van der Waals surface area (Å²) in [4.78, 5) is 12.3. The summed E-state index contributed by atoms with van der Waals surface area (Å²) in [6.07, 6.45) is 6.63. The maximum absolute atomic E-state index is 12.3. The average Bonchev–Trinajstić information content (AvgIpc) is 3.00. The van der Waals surface area contributed by atoms with Crippen molar-refractivity contribution in [1.29, 1.82) is 0 Å². The number of hydrogen-bond donors (Lipinski definition) is 2. The molecular formula is C15H28N2O2. The van der Waals surface area contributed by atoms with Crippen molar-refractivity contribution >= 4 is 5.97 Å². The van der Waals surface area contributed by atoms with Gasteiger partial charge in [-0.05, 0) is 51.0 Å². The molecule has 2 fully saturated rings. The Morgan fingerprint density at radius 3 is 2.63 bits per heavy atom. The molecule has 0 aromatic carbocycles. The molecule has 1 saturated heterocycles. The van der Waals surface area contributed by atoms with Gasteiger partial charge in [-0.25, -0.2) is 0 Å². The fourth-order valence-electron chi connectivity index (χ4n) is 3.04. The number of esters is 1. The highest BCUT2D eigenvalue weighted by Gasteiger charge is 2.28. The molecule has 1 aliphatic heterocycles. The molecule has 2 atom stereocenters. The fraction of sp³-hybridized carbons (Fsp3) is 0.933. The molecule has 110 valence electrons. The lowest BCUT2D eigenvalue weighted by Gasteiger charge is -2.24. The van der Waals surface area contributed by atoms with Gasteiger partial charge in [0, 0.05) is 12.6 Å². The van der Waals surface area contributed by atoms with Crippen LogP contribution < -0.4 is 10.6 Å². The molecule has 4 nitrogen and oxygen atoms in total. The van der Waals surface area contributed by atoms with Crippen molar-refractivity contribution in [3.63, 3.8) is 0 Å². The first-order valence-electron chi connectivity index (χ1n) is 7.82. The average molecular weight is 268 g/mol. The van der Waals surface area contributed by atoms with Crippen LogP contribution in [0.5, 0.6) is 0 Å². The molecule has 2 aliphatic rings. The van der Waals surface area contributed by atoms with Crippen LogP contribution in [0.1, 0.15) is 52.4 Å². The largest absolute Gasteiger partial charge is 0.461 e. The minimum atomic E-state index is -0.134. The van der Waals surface area contributed by atoms with Gasteiger partial charge in [-0.15, -0.1) is 0 Å². The van der Waals surface area contributed by atoms with E-state index >= 15 is 0 Å². The Hall–Kier alpha value is -0.610. The number of ether oxygens (including phenoxy) is 1. The van der Waals surface area contributed by atoms with Gasteiger partial charge in [0.1, 0.15) is 12.1 Å². The zero-order valence-electron chi connectivity index (χ0n) is 12.3. The van der Waals surface area contributed by atoms with Gasteiger partial charge in [0.05, 0.1) is 0 Å². The Labute approximate surface area is 116 Å². The van der Waals surface area contributed by atoms with Gasteiger partial charge < -0.3 is 15.4 Å². The first kappa shape index (κ1) is 14.8. The zero-order valence-corrected chi connectivity index (χ0v) is 12.3. The first-order chi connectivity index (χ1) is 9.15. The summed E-state index contributed by atoms with van der Waals surface area (Å²) < 4.78 is 5.66. The Morgan fingerprint density at radius 1 is 1.32 bits per heavy atom. The molecule has 0 aromatic heterocycles. The summed E-state index contributed by atoms with van der Waals surface area (Å²) in [5, 5.41) is 6.81. The van der Waals surface area contributed by atoms with Crippen LogP contribution in [0.3, 0.4) is 0 Å². The molecule has 2 N–H and O–H groups in total. The van der Waals surface area contributed by atoms with E-state index in [-0.39, 0.29) is 18.1 Å². The Bertz CT molecular complexity index is 282. The lowest BCUT2D eigenvalue weighted by atomic mass is 10.0. The van der Waals surface area contributed by atoms with Crippen LogP contribution in [0, 0.1) is 5.92 Å². The van der Waals surface area contributed by atoms with E-state index < -0.39 is 0 Å². The summed E-state index contributed by atoms with van der Waals surface area (Å²) in [7, 11) is 0. The van der Waals surface area contributed by atoms with Gasteiger partial charge in [-0.2, -0.15) is 0 Å². The van der Waals surface area contributed by atoms with E-state index in [2.05, 4.69) is 24.5 Å². The van der Waals surface area contributed by atoms with Gasteiger partial charge in [-0.3, -0.25) is 4.79 Å². The highest BCUT2D eigenvalue weighted by atomic mass is 16.5. The highest BCUT2D eigenvalue weighted by molar-refractivity contribution is 5.76. The van der Waals surface area contributed by atoms with Gasteiger partial charge >= 0.3 is 5.97 Å². The van der Waals surface area contributed by atoms with Crippen molar-refractivity contribution in [2.75, 3.05) is 13.1 Å². The van der Waals surface area contributed by atoms with Crippen LogP contribution in [0.25, 0.3) is 0 Å². The van der Waals surface area contributed by atoms with Crippen LogP contribution >= 0.6 is 0 Å². The minimum Gasteiger partial charge on any atom is -0.461 e. The quantitative estimate of drug-likeness (QED) is 0.722. The van der Waals surface area contributed by atoms with Crippen LogP contribution in [0.4, 0.5) is 0 Å². The van der Waals surface area contributed by atoms with Crippen molar-refractivity contribution in [2.24, 2.45) is 5.92 Å². The number of carbonyl (C=O) groups is 1. The summed E-state index contributed by atoms with van der Waals surface area (Å²) in [5.41, 5.74) is 0. The van der Waals surface area contributed by atoms with E-state index in [1.807, 2.05) is 0 Å². The molecule has 1 saturated carbocycles. The van der Waals surface area contributed by atoms with Crippen molar-refractivity contribution < 1.29 is 9.53 Å². The second-order valence-corrected chi connectivity index (χ2v) is 6.38. The molecule has 1 unspecified atom stereocenters. The monoisotopic (exact) mass is 268 g/mol. The summed E-state index contributed by atoms with van der Waals surface area (Å²) >= 11 is 0. The summed E-state index contributed by atoms with van der Waals surface area (Å²) in [6, 6.07) is 0.283. The molecule has 4 heteroatoms. The van der Waals surface area contributed by atoms with Crippen LogP contribution in [0.15, 0.2) is 0 Å². The SMILES string of the molecule is CC(C)C[C@H](NC1CCNC1)C(=O)OC1CCCC1. The van der Waals surface area contributed by atoms with Gasteiger partial charge in [0.2, 0.25) is 0 Å². The fourth-order valence-corrected chi connectivity index (χ4v) is 3.04. The van der Waals surface area contributed by atoms with E-state index in [0.717, 1.165) is 38.8 Å². The number of nitrogens with one attached hydrogen (secondary N) is 2. The van der Waals surface area contributed by atoms with E-state index in [1.54, 1.807) is 0 Å². The van der Waals surface area contributed by atoms with E-state index in [0.29, 0.717) is 12.0 Å². The molecule has 0 radical (unpaired) electrons. The number of hydrogen-bond acceptors (Lipinski definition) is 4. The van der Waals surface area contributed by atoms with Crippen molar-refractivity contribution in [3.8, 4) is 0 Å². The van der Waals surface area contributed by atoms with Crippen LogP contribution in [-0.2, 0) is 9.53 Å². The van der Waals surface area contributed by atoms with E-state index in [1.165, 1.54) is 12.8 Å². The lowest BCUT2D eigenvalue weighted by molar-refractivity contribution is -0.152. The Morgan fingerprint density at radius 2 is 2.05 bits per heavy atom. The zero-order chi connectivity index (χ0) is 13.7. The molecule has 0 aromatic rings. The third kappa shape index (κ3) is 4.77. The van der Waals surface area contributed by atoms with Crippen molar-refractivity contribution in [2.45, 2.75) is 70.6 Å². The molecule has 0 spiro atoms. The summed E-state index contributed by atoms with van der Waals surface area (Å²) in [5.74, 6) is 0.468. The van der Waals surface area contributed by atoms with Crippen LogP contribution in [-0.4, -0.2) is 37.2 Å². The van der Waals surface area contributed by atoms with E-state index in [9.17, 15) is 4.79 Å². The lowest BCUT2D eigenvalue weighted by Crippen LogP contribution is -2.46. The Balaban J connectivity index is 1.84. The van der Waals surface area contributed by atoms with Crippen molar-refractivity contribution in [1.82, 2.24) is 10.6 Å². The smallest absolute Gasteiger partial charge is 0.323 e. The third-order valence-electron chi connectivity index (χ3n) is 4.07. The molecule has 0 bridgehead atoms. The molecule has 1 aliphatic carbocycles. The minimum absolute atomic E-state index is 0.0347. The van der Waals surface area contributed by atoms with Crippen LogP contribution in [0.2, 0.25) is 0 Å². The second kappa shape index (κ2) is 7.25. The maximum atomic E-state index is 12.3. The standard InChI is InChI=1S/C15H28N2O2/c1-11(2)9-14(17-12-7-8-16-10-12)15(18)19-13-5-3-4-6-13/h11-14,16-17H,3-10H2,1-2H3/t12?,14-/m0/s1. The van der Waals surface area contributed by atoms with Gasteiger partial charge in [0.25, 0.3) is 0 Å². The first-order valence-corrected chi connectivity index (χ1v) is 7.82. The van der Waals surface area contributed by atoms with E-state index in [4.69, 9.17) is 4.74 Å². The predicted molar refractivity (Wildman–Crippen MR) is 76.0 cm³/mol. The summed E-state index contributed by atoms with van der Waals surface area (Å²) in [6.45, 7) is 6.32. The molecule has 1 heterocycles. The normalized spacial score (nSPS) is 25.9. The molecule has 2 rings (SSSR count).